The van der Waals surface area contributed by atoms with E-state index in [1.165, 1.54) is 25.7 Å². The minimum Gasteiger partial charge on any atom is -0.420 e. The zero-order valence-corrected chi connectivity index (χ0v) is 20.6. The van der Waals surface area contributed by atoms with E-state index in [9.17, 15) is 0 Å². The Kier molecular flexibility index (Phi) is 5.76. The normalized spacial score (nSPS) is 22.8. The largest absolute Gasteiger partial charge is 0.420 e. The maximum atomic E-state index is 6.28. The molecule has 2 aliphatic carbocycles. The molecule has 2 saturated carbocycles. The molecule has 1 aromatic carbocycles. The van der Waals surface area contributed by atoms with E-state index in [-0.39, 0.29) is 0 Å². The first-order valence-corrected chi connectivity index (χ1v) is 13.6. The van der Waals surface area contributed by atoms with Crippen LogP contribution in [0.25, 0.3) is 22.2 Å². The van der Waals surface area contributed by atoms with Gasteiger partial charge < -0.3 is 4.42 Å². The third kappa shape index (κ3) is 4.02. The molecule has 0 amide bonds. The van der Waals surface area contributed by atoms with Gasteiger partial charge in [0.1, 0.15) is 0 Å². The Morgan fingerprint density at radius 1 is 1.12 bits per heavy atom. The zero-order valence-electron chi connectivity index (χ0n) is 18.2. The van der Waals surface area contributed by atoms with Crippen LogP contribution in [0.5, 0.6) is 0 Å². The van der Waals surface area contributed by atoms with Crippen molar-refractivity contribution >= 4 is 34.7 Å². The SMILES string of the molecule is CC(C1CC2CCC1C2)n1c(SCc2nnc(-c3ccccc3Cl)o2)nnc1-c1cccs1. The summed E-state index contributed by atoms with van der Waals surface area (Å²) < 4.78 is 8.26. The maximum absolute atomic E-state index is 6.28. The molecule has 33 heavy (non-hydrogen) atoms. The second-order valence-corrected chi connectivity index (χ2v) is 11.3. The molecule has 4 aromatic rings. The molecule has 0 N–H and O–H groups in total. The van der Waals surface area contributed by atoms with Crippen molar-refractivity contribution in [1.82, 2.24) is 25.0 Å². The van der Waals surface area contributed by atoms with Crippen LogP contribution >= 0.6 is 34.7 Å². The molecule has 2 bridgehead atoms. The van der Waals surface area contributed by atoms with Crippen molar-refractivity contribution < 1.29 is 4.42 Å². The minimum absolute atomic E-state index is 0.358. The molecule has 0 saturated heterocycles. The number of hydrogen-bond donors (Lipinski definition) is 0. The fourth-order valence-corrected chi connectivity index (χ4v) is 7.36. The highest BCUT2D eigenvalue weighted by Gasteiger charge is 2.43. The van der Waals surface area contributed by atoms with Crippen molar-refractivity contribution in [3.05, 3.63) is 52.7 Å². The van der Waals surface area contributed by atoms with E-state index in [2.05, 4.69) is 49.4 Å². The first-order valence-electron chi connectivity index (χ1n) is 11.4. The summed E-state index contributed by atoms with van der Waals surface area (Å²) in [6.07, 6.45) is 5.48. The zero-order chi connectivity index (χ0) is 22.4. The van der Waals surface area contributed by atoms with Crippen molar-refractivity contribution in [2.75, 3.05) is 0 Å². The van der Waals surface area contributed by atoms with Crippen LogP contribution < -0.4 is 0 Å². The highest BCUT2D eigenvalue weighted by Crippen LogP contribution is 2.53. The molecule has 2 fully saturated rings. The van der Waals surface area contributed by atoms with Crippen LogP contribution in [-0.2, 0) is 5.75 Å². The smallest absolute Gasteiger partial charge is 0.249 e. The van der Waals surface area contributed by atoms with Crippen molar-refractivity contribution in [2.24, 2.45) is 17.8 Å². The fraction of sp³-hybridized carbons (Fsp3) is 0.417. The van der Waals surface area contributed by atoms with Gasteiger partial charge in [0, 0.05) is 6.04 Å². The van der Waals surface area contributed by atoms with E-state index in [0.29, 0.717) is 34.5 Å². The molecule has 0 radical (unpaired) electrons. The van der Waals surface area contributed by atoms with Crippen LogP contribution in [-0.4, -0.2) is 25.0 Å². The first-order chi connectivity index (χ1) is 16.2. The quantitative estimate of drug-likeness (QED) is 0.256. The molecule has 6 rings (SSSR count). The Morgan fingerprint density at radius 2 is 2.03 bits per heavy atom. The average molecular weight is 498 g/mol. The van der Waals surface area contributed by atoms with Crippen LogP contribution in [0.1, 0.15) is 44.5 Å². The highest BCUT2D eigenvalue weighted by atomic mass is 35.5. The predicted molar refractivity (Wildman–Crippen MR) is 131 cm³/mol. The number of fused-ring (bicyclic) bond motifs is 2. The van der Waals surface area contributed by atoms with Gasteiger partial charge in [0.15, 0.2) is 11.0 Å². The topological polar surface area (TPSA) is 69.6 Å². The Hall–Kier alpha value is -2.16. The van der Waals surface area contributed by atoms with E-state index in [1.807, 2.05) is 24.3 Å². The van der Waals surface area contributed by atoms with Gasteiger partial charge in [-0.05, 0) is 67.5 Å². The molecule has 4 atom stereocenters. The molecule has 0 aliphatic heterocycles. The summed E-state index contributed by atoms with van der Waals surface area (Å²) in [5.41, 5.74) is 0.746. The minimum atomic E-state index is 0.358. The third-order valence-electron chi connectivity index (χ3n) is 7.12. The van der Waals surface area contributed by atoms with Crippen LogP contribution in [0, 0.1) is 17.8 Å². The summed E-state index contributed by atoms with van der Waals surface area (Å²) in [6, 6.07) is 12.1. The van der Waals surface area contributed by atoms with E-state index in [0.717, 1.165) is 33.3 Å². The van der Waals surface area contributed by atoms with Crippen LogP contribution in [0.2, 0.25) is 5.02 Å². The Bertz CT molecular complexity index is 1250. The van der Waals surface area contributed by atoms with Gasteiger partial charge in [-0.2, -0.15) is 0 Å². The molecular formula is C24H24ClN5OS2. The number of nitrogens with zero attached hydrogens (tertiary/aromatic N) is 5. The van der Waals surface area contributed by atoms with Gasteiger partial charge in [0.25, 0.3) is 0 Å². The molecule has 170 valence electrons. The lowest BCUT2D eigenvalue weighted by Crippen LogP contribution is -2.23. The standard InChI is InChI=1S/C24H24ClN5OS2/c1-14(18-12-15-8-9-16(18)11-15)30-22(20-7-4-10-32-20)27-29-24(30)33-13-21-26-28-23(31-21)17-5-2-3-6-19(17)25/h2-7,10,14-16,18H,8-9,11-13H2,1H3. The molecule has 9 heteroatoms. The van der Waals surface area contributed by atoms with Gasteiger partial charge in [-0.3, -0.25) is 4.57 Å². The van der Waals surface area contributed by atoms with Gasteiger partial charge in [-0.1, -0.05) is 48.0 Å². The van der Waals surface area contributed by atoms with Crippen molar-refractivity contribution in [3.8, 4) is 22.2 Å². The maximum Gasteiger partial charge on any atom is 0.249 e. The van der Waals surface area contributed by atoms with Crippen LogP contribution in [0.15, 0.2) is 51.4 Å². The molecular weight excluding hydrogens is 474 g/mol. The number of benzene rings is 1. The van der Waals surface area contributed by atoms with Gasteiger partial charge in [0.05, 0.1) is 21.2 Å². The van der Waals surface area contributed by atoms with E-state index in [4.69, 9.17) is 16.0 Å². The molecule has 2 aliphatic rings. The molecule has 6 nitrogen and oxygen atoms in total. The van der Waals surface area contributed by atoms with Crippen molar-refractivity contribution in [1.29, 1.82) is 0 Å². The lowest BCUT2D eigenvalue weighted by molar-refractivity contribution is 0.235. The fourth-order valence-electron chi connectivity index (χ4n) is 5.57. The summed E-state index contributed by atoms with van der Waals surface area (Å²) in [4.78, 5) is 1.16. The molecule has 0 spiro atoms. The van der Waals surface area contributed by atoms with Crippen molar-refractivity contribution in [3.63, 3.8) is 0 Å². The summed E-state index contributed by atoms with van der Waals surface area (Å²) in [6.45, 7) is 2.35. The second kappa shape index (κ2) is 8.89. The van der Waals surface area contributed by atoms with Gasteiger partial charge >= 0.3 is 0 Å². The Labute approximate surface area is 205 Å². The Balaban J connectivity index is 1.26. The predicted octanol–water partition coefficient (Wildman–Crippen LogP) is 7.00. The molecule has 4 unspecified atom stereocenters. The molecule has 3 heterocycles. The summed E-state index contributed by atoms with van der Waals surface area (Å²) >= 11 is 9.60. The van der Waals surface area contributed by atoms with Crippen LogP contribution in [0.3, 0.4) is 0 Å². The van der Waals surface area contributed by atoms with Gasteiger partial charge in [-0.15, -0.1) is 31.7 Å². The first kappa shape index (κ1) is 21.4. The lowest BCUT2D eigenvalue weighted by Gasteiger charge is -2.30. The summed E-state index contributed by atoms with van der Waals surface area (Å²) in [7, 11) is 0. The third-order valence-corrected chi connectivity index (χ3v) is 9.24. The van der Waals surface area contributed by atoms with Gasteiger partial charge in [-0.25, -0.2) is 0 Å². The number of thioether (sulfide) groups is 1. The number of thiophene rings is 1. The highest BCUT2D eigenvalue weighted by molar-refractivity contribution is 7.98. The average Bonchev–Trinajstić information content (AvgIpc) is 3.65. The van der Waals surface area contributed by atoms with E-state index in [1.54, 1.807) is 23.1 Å². The van der Waals surface area contributed by atoms with E-state index < -0.39 is 0 Å². The Morgan fingerprint density at radius 3 is 2.79 bits per heavy atom. The monoisotopic (exact) mass is 497 g/mol. The van der Waals surface area contributed by atoms with Crippen LogP contribution in [0.4, 0.5) is 0 Å². The van der Waals surface area contributed by atoms with Gasteiger partial charge in [0.2, 0.25) is 11.8 Å². The number of halogens is 1. The second-order valence-electron chi connectivity index (χ2n) is 9.00. The number of hydrogen-bond acceptors (Lipinski definition) is 7. The number of aromatic nitrogens is 5. The van der Waals surface area contributed by atoms with Crippen molar-refractivity contribution in [2.45, 2.75) is 49.6 Å². The number of rotatable bonds is 7. The summed E-state index contributed by atoms with van der Waals surface area (Å²) in [5, 5.41) is 21.2. The van der Waals surface area contributed by atoms with E-state index >= 15 is 0 Å². The lowest BCUT2D eigenvalue weighted by atomic mass is 9.84. The molecule has 3 aromatic heterocycles. The summed E-state index contributed by atoms with van der Waals surface area (Å²) in [5.74, 6) is 4.90.